The van der Waals surface area contributed by atoms with Crippen molar-refractivity contribution in [3.63, 3.8) is 0 Å². The van der Waals surface area contributed by atoms with Gasteiger partial charge < -0.3 is 0 Å². The molecule has 3 unspecified atom stereocenters. The van der Waals surface area contributed by atoms with Gasteiger partial charge in [0.2, 0.25) is 0 Å². The topological polar surface area (TPSA) is 29.4 Å². The molecule has 2 heteroatoms. The van der Waals surface area contributed by atoms with Crippen LogP contribution in [0.4, 0.5) is 0 Å². The second kappa shape index (κ2) is 3.18. The molecular formula is C14H23NO. The summed E-state index contributed by atoms with van der Waals surface area (Å²) in [5.74, 6) is 0.546. The minimum atomic E-state index is -0.345. The van der Waals surface area contributed by atoms with Gasteiger partial charge in [-0.05, 0) is 37.0 Å². The molecule has 0 aromatic rings. The Morgan fingerprint density at radius 1 is 1.50 bits per heavy atom. The maximum Gasteiger partial charge on any atom is 0.112 e. The standard InChI is InChI=1S/C14H23NO/c1-10-11-6-7-14(8-11,15-16)13(10,5)9-12(2,3)4/h11H,1,6-9H2,2-5H3. The Labute approximate surface area is 98.5 Å². The van der Waals surface area contributed by atoms with Crippen molar-refractivity contribution in [1.82, 2.24) is 0 Å². The molecule has 90 valence electrons. The van der Waals surface area contributed by atoms with E-state index in [9.17, 15) is 4.91 Å². The summed E-state index contributed by atoms with van der Waals surface area (Å²) in [6.45, 7) is 13.2. The third-order valence-corrected chi connectivity index (χ3v) is 4.78. The first-order valence-corrected chi connectivity index (χ1v) is 6.28. The van der Waals surface area contributed by atoms with Crippen LogP contribution in [-0.2, 0) is 0 Å². The minimum Gasteiger partial charge on any atom is -0.150 e. The number of nitroso groups, excluding NO2 is 1. The zero-order valence-corrected chi connectivity index (χ0v) is 11.0. The maximum absolute atomic E-state index is 11.3. The summed E-state index contributed by atoms with van der Waals surface area (Å²) in [6, 6.07) is 0. The second-order valence-corrected chi connectivity index (χ2v) is 7.16. The van der Waals surface area contributed by atoms with Crippen LogP contribution in [0.1, 0.15) is 53.4 Å². The molecule has 2 saturated carbocycles. The maximum atomic E-state index is 11.3. The number of fused-ring (bicyclic) bond motifs is 2. The lowest BCUT2D eigenvalue weighted by atomic mass is 9.61. The Hall–Kier alpha value is -0.660. The molecule has 2 bridgehead atoms. The number of hydrogen-bond donors (Lipinski definition) is 0. The normalized spacial score (nSPS) is 42.8. The summed E-state index contributed by atoms with van der Waals surface area (Å²) in [5, 5.41) is 3.56. The van der Waals surface area contributed by atoms with Gasteiger partial charge in [-0.15, -0.1) is 0 Å². The van der Waals surface area contributed by atoms with Gasteiger partial charge >= 0.3 is 0 Å². The van der Waals surface area contributed by atoms with Crippen molar-refractivity contribution in [2.45, 2.75) is 58.9 Å². The average molecular weight is 221 g/mol. The molecule has 2 aliphatic rings. The van der Waals surface area contributed by atoms with Crippen LogP contribution >= 0.6 is 0 Å². The molecule has 0 N–H and O–H groups in total. The fourth-order valence-corrected chi connectivity index (χ4v) is 4.10. The van der Waals surface area contributed by atoms with Crippen LogP contribution in [0.25, 0.3) is 0 Å². The third-order valence-electron chi connectivity index (χ3n) is 4.78. The molecule has 0 spiro atoms. The first-order chi connectivity index (χ1) is 7.24. The predicted molar refractivity (Wildman–Crippen MR) is 67.2 cm³/mol. The van der Waals surface area contributed by atoms with E-state index in [0.717, 1.165) is 25.7 Å². The highest BCUT2D eigenvalue weighted by molar-refractivity contribution is 5.33. The first-order valence-electron chi connectivity index (χ1n) is 6.28. The van der Waals surface area contributed by atoms with Crippen LogP contribution in [0.3, 0.4) is 0 Å². The molecular weight excluding hydrogens is 198 g/mol. The van der Waals surface area contributed by atoms with Gasteiger partial charge in [0.05, 0.1) is 0 Å². The van der Waals surface area contributed by atoms with Gasteiger partial charge in [-0.1, -0.05) is 45.0 Å². The molecule has 0 aromatic carbocycles. The zero-order valence-electron chi connectivity index (χ0n) is 11.0. The molecule has 0 amide bonds. The highest BCUT2D eigenvalue weighted by Gasteiger charge is 2.63. The molecule has 0 radical (unpaired) electrons. The van der Waals surface area contributed by atoms with Crippen molar-refractivity contribution in [3.05, 3.63) is 17.1 Å². The molecule has 2 nitrogen and oxygen atoms in total. The van der Waals surface area contributed by atoms with Gasteiger partial charge in [-0.3, -0.25) is 0 Å². The zero-order chi connectivity index (χ0) is 12.2. The molecule has 2 fully saturated rings. The molecule has 0 aromatic heterocycles. The SMILES string of the molecule is C=C1C2CCC(N=O)(C2)C1(C)CC(C)(C)C. The van der Waals surface area contributed by atoms with Crippen LogP contribution < -0.4 is 0 Å². The lowest BCUT2D eigenvalue weighted by molar-refractivity contribution is 0.135. The summed E-state index contributed by atoms with van der Waals surface area (Å²) in [4.78, 5) is 11.3. The fraction of sp³-hybridized carbons (Fsp3) is 0.857. The highest BCUT2D eigenvalue weighted by atomic mass is 16.3. The van der Waals surface area contributed by atoms with Gasteiger partial charge in [0.25, 0.3) is 0 Å². The van der Waals surface area contributed by atoms with Crippen molar-refractivity contribution in [1.29, 1.82) is 0 Å². The van der Waals surface area contributed by atoms with Gasteiger partial charge in [-0.2, -0.15) is 4.91 Å². The second-order valence-electron chi connectivity index (χ2n) is 7.16. The Morgan fingerprint density at radius 3 is 2.62 bits per heavy atom. The third kappa shape index (κ3) is 1.38. The van der Waals surface area contributed by atoms with Crippen LogP contribution in [0.2, 0.25) is 0 Å². The molecule has 2 aliphatic carbocycles. The average Bonchev–Trinajstić information content (AvgIpc) is 2.64. The van der Waals surface area contributed by atoms with E-state index in [1.54, 1.807) is 0 Å². The Morgan fingerprint density at radius 2 is 2.12 bits per heavy atom. The Kier molecular flexibility index (Phi) is 2.35. The number of nitrogens with zero attached hydrogens (tertiary/aromatic N) is 1. The molecule has 3 atom stereocenters. The fourth-order valence-electron chi connectivity index (χ4n) is 4.10. The molecule has 0 aliphatic heterocycles. The van der Waals surface area contributed by atoms with Gasteiger partial charge in [0.1, 0.15) is 5.54 Å². The summed E-state index contributed by atoms with van der Waals surface area (Å²) in [7, 11) is 0. The van der Waals surface area contributed by atoms with Crippen molar-refractivity contribution in [3.8, 4) is 0 Å². The highest BCUT2D eigenvalue weighted by Crippen LogP contribution is 2.65. The van der Waals surface area contributed by atoms with Crippen LogP contribution in [-0.4, -0.2) is 5.54 Å². The molecule has 0 heterocycles. The van der Waals surface area contributed by atoms with Gasteiger partial charge in [0, 0.05) is 5.41 Å². The molecule has 0 saturated heterocycles. The van der Waals surface area contributed by atoms with Crippen LogP contribution in [0, 0.1) is 21.7 Å². The van der Waals surface area contributed by atoms with E-state index in [1.165, 1.54) is 5.57 Å². The largest absolute Gasteiger partial charge is 0.150 e. The number of hydrogen-bond acceptors (Lipinski definition) is 2. The Bertz CT molecular complexity index is 341. The van der Waals surface area contributed by atoms with Gasteiger partial charge in [0.15, 0.2) is 0 Å². The summed E-state index contributed by atoms with van der Waals surface area (Å²) < 4.78 is 0. The summed E-state index contributed by atoms with van der Waals surface area (Å²) in [5.41, 5.74) is 1.09. The summed E-state index contributed by atoms with van der Waals surface area (Å²) in [6.07, 6.45) is 4.04. The van der Waals surface area contributed by atoms with Crippen molar-refractivity contribution >= 4 is 0 Å². The lowest BCUT2D eigenvalue weighted by Crippen LogP contribution is -2.43. The predicted octanol–water partition coefficient (Wildman–Crippen LogP) is 4.30. The van der Waals surface area contributed by atoms with E-state index in [-0.39, 0.29) is 16.4 Å². The van der Waals surface area contributed by atoms with E-state index in [2.05, 4.69) is 39.5 Å². The molecule has 2 rings (SSSR count). The lowest BCUT2D eigenvalue weighted by Gasteiger charge is -2.44. The van der Waals surface area contributed by atoms with E-state index in [0.29, 0.717) is 5.92 Å². The van der Waals surface area contributed by atoms with Crippen LogP contribution in [0.5, 0.6) is 0 Å². The van der Waals surface area contributed by atoms with Crippen LogP contribution in [0.15, 0.2) is 17.3 Å². The quantitative estimate of drug-likeness (QED) is 0.505. The van der Waals surface area contributed by atoms with E-state index >= 15 is 0 Å². The monoisotopic (exact) mass is 221 g/mol. The number of rotatable bonds is 2. The summed E-state index contributed by atoms with van der Waals surface area (Å²) >= 11 is 0. The smallest absolute Gasteiger partial charge is 0.112 e. The van der Waals surface area contributed by atoms with E-state index < -0.39 is 0 Å². The van der Waals surface area contributed by atoms with E-state index in [1.807, 2.05) is 0 Å². The van der Waals surface area contributed by atoms with E-state index in [4.69, 9.17) is 0 Å². The minimum absolute atomic E-state index is 0.0735. The Balaban J connectivity index is 2.38. The van der Waals surface area contributed by atoms with Crippen molar-refractivity contribution in [2.75, 3.05) is 0 Å². The van der Waals surface area contributed by atoms with Crippen molar-refractivity contribution in [2.24, 2.45) is 21.9 Å². The van der Waals surface area contributed by atoms with Crippen molar-refractivity contribution < 1.29 is 0 Å². The first kappa shape index (κ1) is 11.8. The molecule has 16 heavy (non-hydrogen) atoms. The van der Waals surface area contributed by atoms with Gasteiger partial charge in [-0.25, -0.2) is 0 Å².